The summed E-state index contributed by atoms with van der Waals surface area (Å²) >= 11 is 0. The Morgan fingerprint density at radius 3 is 0.784 bits per heavy atom. The average Bonchev–Trinajstić information content (AvgIpc) is 0.903. The number of aliphatic hydroxyl groups excluding tert-OH is 2. The molecule has 18 heteroatoms. The number of ether oxygens (including phenoxy) is 3. The van der Waals surface area contributed by atoms with Gasteiger partial charge in [-0.05, 0) is 148 Å². The molecular weight excluding hydrogens is 1430 g/mol. The van der Waals surface area contributed by atoms with E-state index in [0.717, 1.165) is 122 Å². The molecule has 636 valence electrons. The highest BCUT2D eigenvalue weighted by molar-refractivity contribution is 7.47. The lowest BCUT2D eigenvalue weighted by Crippen LogP contribution is -2.30. The predicted octanol–water partition coefficient (Wildman–Crippen LogP) is 26.5. The first-order valence-corrected chi connectivity index (χ1v) is 46.8. The number of carbonyl (C=O) groups is 3. The highest BCUT2D eigenvalue weighted by Gasteiger charge is 2.29. The predicted molar refractivity (Wildman–Crippen MR) is 463 cm³/mol. The van der Waals surface area contributed by atoms with Crippen molar-refractivity contribution in [3.05, 3.63) is 158 Å². The SMILES string of the molecule is CC/C=C\C/C=C\C/C=C\C/C=C\C/C=C\CCCC(=O)OC(COC(=O)CCCCCCCCCCC/C=C\C/C=C\C/C=C\C/C=C\CCCCC)COP(=O)(O)OCC(O)COP(=O)(O)OCC(O)COC(=O)CCCCCCCCCCCCCCCCCCC/C=C\C/C=C\C/C=C\C/C=C\CCCCC. The molecule has 0 rings (SSSR count). The second-order valence-electron chi connectivity index (χ2n) is 29.0. The molecule has 0 radical (unpaired) electrons. The van der Waals surface area contributed by atoms with E-state index in [4.69, 9.17) is 32.3 Å². The third-order valence-corrected chi connectivity index (χ3v) is 20.1. The van der Waals surface area contributed by atoms with Crippen molar-refractivity contribution in [2.75, 3.05) is 39.6 Å². The second kappa shape index (κ2) is 84.6. The molecule has 0 aliphatic rings. The van der Waals surface area contributed by atoms with Gasteiger partial charge in [0.1, 0.15) is 25.4 Å². The third kappa shape index (κ3) is 85.9. The van der Waals surface area contributed by atoms with Gasteiger partial charge in [-0.1, -0.05) is 346 Å². The molecule has 111 heavy (non-hydrogen) atoms. The lowest BCUT2D eigenvalue weighted by Gasteiger charge is -2.21. The molecule has 0 aromatic heterocycles. The Morgan fingerprint density at radius 2 is 0.486 bits per heavy atom. The summed E-state index contributed by atoms with van der Waals surface area (Å²) in [4.78, 5) is 58.8. The average molecular weight is 1590 g/mol. The molecule has 0 bridgehead atoms. The van der Waals surface area contributed by atoms with Crippen molar-refractivity contribution in [2.45, 2.75) is 373 Å². The Labute approximate surface area is 676 Å². The van der Waals surface area contributed by atoms with Gasteiger partial charge in [0.05, 0.1) is 26.4 Å². The monoisotopic (exact) mass is 1590 g/mol. The van der Waals surface area contributed by atoms with Crippen LogP contribution in [0.25, 0.3) is 0 Å². The van der Waals surface area contributed by atoms with Gasteiger partial charge in [0.15, 0.2) is 6.10 Å². The summed E-state index contributed by atoms with van der Waals surface area (Å²) in [6.07, 6.45) is 107. The normalized spacial score (nSPS) is 14.6. The zero-order valence-corrected chi connectivity index (χ0v) is 71.6. The highest BCUT2D eigenvalue weighted by atomic mass is 31.2. The molecule has 0 aliphatic heterocycles. The Kier molecular flexibility index (Phi) is 80.9. The van der Waals surface area contributed by atoms with Crippen LogP contribution in [-0.2, 0) is 55.8 Å². The highest BCUT2D eigenvalue weighted by Crippen LogP contribution is 2.45. The molecular formula is C93H158O16P2. The van der Waals surface area contributed by atoms with Crippen LogP contribution in [0.5, 0.6) is 0 Å². The number of aliphatic hydroxyl groups is 2. The summed E-state index contributed by atoms with van der Waals surface area (Å²) in [6, 6.07) is 0. The van der Waals surface area contributed by atoms with E-state index in [0.29, 0.717) is 25.7 Å². The van der Waals surface area contributed by atoms with Crippen LogP contribution < -0.4 is 0 Å². The minimum Gasteiger partial charge on any atom is -0.463 e. The van der Waals surface area contributed by atoms with Crippen molar-refractivity contribution in [3.63, 3.8) is 0 Å². The minimum atomic E-state index is -4.96. The van der Waals surface area contributed by atoms with Crippen molar-refractivity contribution in [2.24, 2.45) is 0 Å². The van der Waals surface area contributed by atoms with Crippen molar-refractivity contribution in [3.8, 4) is 0 Å². The summed E-state index contributed by atoms with van der Waals surface area (Å²) in [7, 11) is -9.83. The van der Waals surface area contributed by atoms with Crippen LogP contribution in [0.4, 0.5) is 0 Å². The number of phosphoric acid groups is 2. The van der Waals surface area contributed by atoms with Crippen LogP contribution in [0, 0.1) is 0 Å². The quantitative estimate of drug-likeness (QED) is 0.0146. The van der Waals surface area contributed by atoms with E-state index in [1.54, 1.807) is 0 Å². The maximum Gasteiger partial charge on any atom is 0.472 e. The van der Waals surface area contributed by atoms with Crippen molar-refractivity contribution in [1.29, 1.82) is 0 Å². The van der Waals surface area contributed by atoms with Gasteiger partial charge in [-0.3, -0.25) is 32.5 Å². The van der Waals surface area contributed by atoms with Gasteiger partial charge in [-0.15, -0.1) is 0 Å². The molecule has 0 aliphatic carbocycles. The summed E-state index contributed by atoms with van der Waals surface area (Å²) in [5.41, 5.74) is 0. The number of carbonyl (C=O) groups excluding carboxylic acids is 3. The summed E-state index contributed by atoms with van der Waals surface area (Å²) in [5, 5.41) is 20.7. The minimum absolute atomic E-state index is 0.0207. The number of rotatable bonds is 82. The fourth-order valence-corrected chi connectivity index (χ4v) is 13.2. The molecule has 0 saturated heterocycles. The van der Waals surface area contributed by atoms with Gasteiger partial charge in [0, 0.05) is 19.3 Å². The number of esters is 3. The number of allylic oxidation sites excluding steroid dienone is 26. The van der Waals surface area contributed by atoms with Crippen LogP contribution in [0.2, 0.25) is 0 Å². The smallest absolute Gasteiger partial charge is 0.463 e. The number of unbranched alkanes of at least 4 members (excludes halogenated alkanes) is 33. The fourth-order valence-electron chi connectivity index (χ4n) is 11.6. The van der Waals surface area contributed by atoms with Gasteiger partial charge in [-0.25, -0.2) is 9.13 Å². The summed E-state index contributed by atoms with van der Waals surface area (Å²) in [6.45, 7) is 2.46. The van der Waals surface area contributed by atoms with Crippen LogP contribution in [-0.4, -0.2) is 95.9 Å². The summed E-state index contributed by atoms with van der Waals surface area (Å²) in [5.74, 6) is -1.65. The molecule has 4 N–H and O–H groups in total. The Balaban J connectivity index is 4.53. The van der Waals surface area contributed by atoms with E-state index >= 15 is 0 Å². The standard InChI is InChI=1S/C93H158O16P2/c1-4-7-10-13-16-19-22-25-28-31-33-35-37-39-40-41-42-43-44-45-46-48-50-51-53-56-58-61-64-67-70-73-76-79-91(96)103-82-88(94)83-105-110(99,100)106-84-89(95)85-107-111(101,102)108-87-90(109-93(98)81-78-75-72-69-66-63-60-55-30-27-24-21-18-15-12-9-6-3)86-104-92(97)80-77-74-71-68-65-62-59-57-54-52-49-47-38-36-34-32-29-26-23-20-17-14-11-8-5-2/h9,12,16-21,25-30,33-36,39-40,47,49,60,63,69,72,88-90,94-95H,4-8,10-11,13-15,22-24,31-32,37-38,41-46,48,50-59,61-62,64-68,70-71,73-87H2,1-3H3,(H,99,100)(H,101,102)/b12-9-,19-16-,20-17-,21-18-,28-25-,29-26-,30-27-,35-33-,36-34-,40-39-,49-47-,63-60-,72-69-. The van der Waals surface area contributed by atoms with E-state index < -0.39 is 91.5 Å². The Morgan fingerprint density at radius 1 is 0.261 bits per heavy atom. The van der Waals surface area contributed by atoms with E-state index in [9.17, 15) is 43.5 Å². The van der Waals surface area contributed by atoms with Crippen LogP contribution in [0.3, 0.4) is 0 Å². The molecule has 0 spiro atoms. The Hall–Kier alpha value is -4.83. The van der Waals surface area contributed by atoms with Crippen LogP contribution in [0.1, 0.15) is 355 Å². The Bertz CT molecular complexity index is 2650. The molecule has 0 amide bonds. The number of hydrogen-bond acceptors (Lipinski definition) is 14. The first kappa shape index (κ1) is 106. The molecule has 0 aromatic carbocycles. The molecule has 5 atom stereocenters. The zero-order valence-electron chi connectivity index (χ0n) is 69.8. The van der Waals surface area contributed by atoms with E-state index in [1.165, 1.54) is 167 Å². The lowest BCUT2D eigenvalue weighted by molar-refractivity contribution is -0.161. The van der Waals surface area contributed by atoms with Gasteiger partial charge in [0.2, 0.25) is 0 Å². The van der Waals surface area contributed by atoms with E-state index in [2.05, 4.69) is 167 Å². The van der Waals surface area contributed by atoms with Gasteiger partial charge in [-0.2, -0.15) is 0 Å². The molecule has 0 aromatic rings. The molecule has 16 nitrogen and oxygen atoms in total. The largest absolute Gasteiger partial charge is 0.472 e. The second-order valence-corrected chi connectivity index (χ2v) is 31.9. The number of hydrogen-bond donors (Lipinski definition) is 4. The molecule has 0 saturated carbocycles. The molecule has 5 unspecified atom stereocenters. The van der Waals surface area contributed by atoms with Crippen LogP contribution in [0.15, 0.2) is 158 Å². The fraction of sp³-hybridized carbons (Fsp3) is 0.688. The van der Waals surface area contributed by atoms with Crippen LogP contribution >= 0.6 is 15.6 Å². The first-order valence-electron chi connectivity index (χ1n) is 43.8. The molecule has 0 fully saturated rings. The number of phosphoric ester groups is 2. The van der Waals surface area contributed by atoms with Crippen molar-refractivity contribution >= 4 is 33.6 Å². The summed E-state index contributed by atoms with van der Waals surface area (Å²) < 4.78 is 61.2. The first-order chi connectivity index (χ1) is 54.2. The maximum absolute atomic E-state index is 13.0. The van der Waals surface area contributed by atoms with Gasteiger partial charge >= 0.3 is 33.6 Å². The maximum atomic E-state index is 13.0. The van der Waals surface area contributed by atoms with E-state index in [-0.39, 0.29) is 19.3 Å². The van der Waals surface area contributed by atoms with Crippen molar-refractivity contribution in [1.82, 2.24) is 0 Å². The third-order valence-electron chi connectivity index (χ3n) is 18.2. The van der Waals surface area contributed by atoms with Gasteiger partial charge in [0.25, 0.3) is 0 Å². The van der Waals surface area contributed by atoms with Crippen molar-refractivity contribution < 1.29 is 75.8 Å². The lowest BCUT2D eigenvalue weighted by atomic mass is 10.0. The van der Waals surface area contributed by atoms with Gasteiger partial charge < -0.3 is 34.2 Å². The molecule has 0 heterocycles. The van der Waals surface area contributed by atoms with E-state index in [1.807, 2.05) is 12.2 Å². The topological polar surface area (TPSA) is 231 Å². The zero-order chi connectivity index (χ0) is 80.8.